The molecular formula is C17H32O5Si2. The Kier molecular flexibility index (Phi) is 9.36. The van der Waals surface area contributed by atoms with Gasteiger partial charge in [-0.05, 0) is 36.8 Å². The van der Waals surface area contributed by atoms with Gasteiger partial charge in [0.15, 0.2) is 0 Å². The Bertz CT molecular complexity index is 452. The summed E-state index contributed by atoms with van der Waals surface area (Å²) in [6, 6.07) is 12.1. The third-order valence-corrected chi connectivity index (χ3v) is 12.4. The molecule has 0 heterocycles. The second-order valence-corrected chi connectivity index (χ2v) is 14.3. The zero-order valence-electron chi connectivity index (χ0n) is 15.3. The van der Waals surface area contributed by atoms with Crippen LogP contribution in [0.25, 0.3) is 0 Å². The quantitative estimate of drug-likeness (QED) is 0.434. The van der Waals surface area contributed by atoms with Crippen molar-refractivity contribution >= 4 is 22.1 Å². The van der Waals surface area contributed by atoms with Crippen LogP contribution < -0.4 is 5.19 Å². The molecule has 24 heavy (non-hydrogen) atoms. The van der Waals surface area contributed by atoms with Crippen LogP contribution in [-0.4, -0.2) is 60.1 Å². The van der Waals surface area contributed by atoms with Crippen LogP contribution in [0.3, 0.4) is 0 Å². The van der Waals surface area contributed by atoms with E-state index in [-0.39, 0.29) is 13.2 Å². The van der Waals surface area contributed by atoms with Crippen LogP contribution in [-0.2, 0) is 13.3 Å². The molecule has 138 valence electrons. The second kappa shape index (κ2) is 10.4. The second-order valence-electron chi connectivity index (χ2n) is 6.46. The van der Waals surface area contributed by atoms with Gasteiger partial charge in [0.1, 0.15) is 6.10 Å². The average molecular weight is 373 g/mol. The topological polar surface area (TPSA) is 68.2 Å². The minimum Gasteiger partial charge on any atom is -0.432 e. The molecule has 2 N–H and O–H groups in total. The maximum absolute atomic E-state index is 9.28. The Labute approximate surface area is 148 Å². The maximum Gasteiger partial charge on any atom is 0.327 e. The highest BCUT2D eigenvalue weighted by Crippen LogP contribution is 2.25. The summed E-state index contributed by atoms with van der Waals surface area (Å²) in [5, 5.41) is 19.3. The summed E-state index contributed by atoms with van der Waals surface area (Å²) in [5.41, 5.74) is 0. The first-order valence-electron chi connectivity index (χ1n) is 8.56. The van der Waals surface area contributed by atoms with Gasteiger partial charge in [-0.15, -0.1) is 0 Å². The van der Waals surface area contributed by atoms with E-state index in [1.165, 1.54) is 5.19 Å². The maximum atomic E-state index is 9.28. The van der Waals surface area contributed by atoms with Crippen LogP contribution in [0.2, 0.25) is 25.2 Å². The van der Waals surface area contributed by atoms with E-state index >= 15 is 0 Å². The van der Waals surface area contributed by atoms with Crippen LogP contribution in [0.15, 0.2) is 30.3 Å². The van der Waals surface area contributed by atoms with Gasteiger partial charge >= 0.3 is 8.56 Å². The molecule has 2 unspecified atom stereocenters. The zero-order chi connectivity index (χ0) is 18.1. The number of hydrogen-bond donors (Lipinski definition) is 2. The number of rotatable bonds is 12. The first-order chi connectivity index (χ1) is 11.4. The van der Waals surface area contributed by atoms with E-state index in [9.17, 15) is 5.11 Å². The van der Waals surface area contributed by atoms with Crippen LogP contribution in [0, 0.1) is 0 Å². The van der Waals surface area contributed by atoms with Crippen LogP contribution in [0.1, 0.15) is 13.3 Å². The minimum atomic E-state index is -2.28. The van der Waals surface area contributed by atoms with E-state index in [2.05, 4.69) is 44.3 Å². The highest BCUT2D eigenvalue weighted by atomic mass is 28.4. The van der Waals surface area contributed by atoms with Crippen LogP contribution in [0.4, 0.5) is 0 Å². The van der Waals surface area contributed by atoms with Crippen molar-refractivity contribution in [1.29, 1.82) is 0 Å². The molecule has 0 aliphatic heterocycles. The summed E-state index contributed by atoms with van der Waals surface area (Å²) in [6.45, 7) is 6.98. The van der Waals surface area contributed by atoms with Crippen molar-refractivity contribution in [2.24, 2.45) is 0 Å². The molecule has 0 aromatic heterocycles. The van der Waals surface area contributed by atoms with Crippen molar-refractivity contribution in [3.05, 3.63) is 30.3 Å². The molecule has 0 amide bonds. The van der Waals surface area contributed by atoms with Gasteiger partial charge < -0.3 is 23.5 Å². The molecule has 0 saturated heterocycles. The van der Waals surface area contributed by atoms with Gasteiger partial charge in [0.05, 0.1) is 13.2 Å². The molecule has 0 fully saturated rings. The van der Waals surface area contributed by atoms with Gasteiger partial charge in [-0.1, -0.05) is 37.3 Å². The van der Waals surface area contributed by atoms with Gasteiger partial charge in [0, 0.05) is 13.7 Å². The Balaban J connectivity index is 2.60. The van der Waals surface area contributed by atoms with E-state index in [1.54, 1.807) is 7.11 Å². The molecular weight excluding hydrogens is 340 g/mol. The Hall–Kier alpha value is -0.546. The molecule has 0 bridgehead atoms. The molecule has 0 aliphatic carbocycles. The number of aliphatic hydroxyl groups excluding tert-OH is 2. The van der Waals surface area contributed by atoms with Gasteiger partial charge in [-0.25, -0.2) is 0 Å². The third kappa shape index (κ3) is 6.75. The van der Waals surface area contributed by atoms with E-state index in [0.29, 0.717) is 6.61 Å². The van der Waals surface area contributed by atoms with E-state index in [1.807, 2.05) is 6.07 Å². The molecule has 1 aromatic rings. The first kappa shape index (κ1) is 21.5. The van der Waals surface area contributed by atoms with Crippen molar-refractivity contribution in [2.75, 3.05) is 26.9 Å². The number of hydrogen-bond acceptors (Lipinski definition) is 5. The molecule has 0 aliphatic rings. The van der Waals surface area contributed by atoms with Gasteiger partial charge in [-0.3, -0.25) is 0 Å². The van der Waals surface area contributed by atoms with Crippen molar-refractivity contribution in [2.45, 2.75) is 44.6 Å². The molecule has 1 aromatic carbocycles. The van der Waals surface area contributed by atoms with Gasteiger partial charge in [0.2, 0.25) is 8.32 Å². The summed E-state index contributed by atoms with van der Waals surface area (Å²) in [4.78, 5) is 0. The fourth-order valence-electron chi connectivity index (χ4n) is 2.67. The lowest BCUT2D eigenvalue weighted by Gasteiger charge is -2.37. The Morgan fingerprint density at radius 1 is 1.17 bits per heavy atom. The van der Waals surface area contributed by atoms with Crippen LogP contribution in [0.5, 0.6) is 0 Å². The van der Waals surface area contributed by atoms with Crippen molar-refractivity contribution in [3.63, 3.8) is 0 Å². The third-order valence-electron chi connectivity index (χ3n) is 4.19. The standard InChI is InChI=1S/C17H32O5Si2/c1-5-24(20-2,13-9-12-21-15-16(19)14-18)22-23(3,4)17-10-7-6-8-11-17/h6-8,10-11,16,18-19H,5,9,12-15H2,1-4H3. The monoisotopic (exact) mass is 372 g/mol. The molecule has 0 radical (unpaired) electrons. The molecule has 2 atom stereocenters. The van der Waals surface area contributed by atoms with Crippen molar-refractivity contribution in [3.8, 4) is 0 Å². The van der Waals surface area contributed by atoms with Crippen LogP contribution >= 0.6 is 0 Å². The summed E-state index contributed by atoms with van der Waals surface area (Å²) >= 11 is 0. The molecule has 1 rings (SSSR count). The lowest BCUT2D eigenvalue weighted by atomic mass is 10.4. The first-order valence-corrected chi connectivity index (χ1v) is 13.7. The average Bonchev–Trinajstić information content (AvgIpc) is 2.60. The van der Waals surface area contributed by atoms with Crippen molar-refractivity contribution in [1.82, 2.24) is 0 Å². The number of aliphatic hydroxyl groups is 2. The fraction of sp³-hybridized carbons (Fsp3) is 0.647. The highest BCUT2D eigenvalue weighted by molar-refractivity contribution is 6.91. The Morgan fingerprint density at radius 3 is 2.38 bits per heavy atom. The largest absolute Gasteiger partial charge is 0.432 e. The number of benzene rings is 1. The molecule has 0 saturated carbocycles. The number of ether oxygens (including phenoxy) is 1. The minimum absolute atomic E-state index is 0.162. The fourth-order valence-corrected chi connectivity index (χ4v) is 10.7. The van der Waals surface area contributed by atoms with Gasteiger partial charge in [0.25, 0.3) is 0 Å². The lowest BCUT2D eigenvalue weighted by molar-refractivity contribution is 0.00617. The van der Waals surface area contributed by atoms with E-state index < -0.39 is 23.0 Å². The van der Waals surface area contributed by atoms with E-state index in [0.717, 1.165) is 18.5 Å². The molecule has 7 heteroatoms. The highest BCUT2D eigenvalue weighted by Gasteiger charge is 2.41. The molecule has 0 spiro atoms. The SMILES string of the molecule is CC[Si](CCCOCC(O)CO)(OC)O[Si](C)(C)c1ccccc1. The summed E-state index contributed by atoms with van der Waals surface area (Å²) in [7, 11) is -2.55. The van der Waals surface area contributed by atoms with Gasteiger partial charge in [-0.2, -0.15) is 0 Å². The molecule has 5 nitrogen and oxygen atoms in total. The summed E-state index contributed by atoms with van der Waals surface area (Å²) in [6.07, 6.45) is 0.0203. The summed E-state index contributed by atoms with van der Waals surface area (Å²) < 4.78 is 18.0. The smallest absolute Gasteiger partial charge is 0.327 e. The Morgan fingerprint density at radius 2 is 1.83 bits per heavy atom. The summed E-state index contributed by atoms with van der Waals surface area (Å²) in [5.74, 6) is 0. The van der Waals surface area contributed by atoms with E-state index in [4.69, 9.17) is 18.4 Å². The van der Waals surface area contributed by atoms with Crippen molar-refractivity contribution < 1.29 is 23.5 Å². The normalized spacial score (nSPS) is 15.9. The lowest BCUT2D eigenvalue weighted by Crippen LogP contribution is -2.56. The predicted octanol–water partition coefficient (Wildman–Crippen LogP) is 1.98. The predicted molar refractivity (Wildman–Crippen MR) is 101 cm³/mol. The zero-order valence-corrected chi connectivity index (χ0v) is 17.3.